The average Bonchev–Trinajstić information content (AvgIpc) is 2.60. The second-order valence-electron chi connectivity index (χ2n) is 6.20. The zero-order valence-corrected chi connectivity index (χ0v) is 15.6. The number of rotatable bonds is 6. The maximum atomic E-state index is 12.7. The van der Waals surface area contributed by atoms with Crippen LogP contribution in [0.1, 0.15) is 32.1 Å². The summed E-state index contributed by atoms with van der Waals surface area (Å²) in [6, 6.07) is 6.21. The summed E-state index contributed by atoms with van der Waals surface area (Å²) < 4.78 is 29.8. The lowest BCUT2D eigenvalue weighted by Gasteiger charge is -2.28. The summed E-state index contributed by atoms with van der Waals surface area (Å²) >= 11 is 5.81. The van der Waals surface area contributed by atoms with Gasteiger partial charge in [-0.1, -0.05) is 11.6 Å². The first-order valence-corrected chi connectivity index (χ1v) is 10.1. The quantitative estimate of drug-likeness (QED) is 0.757. The second-order valence-corrected chi connectivity index (χ2v) is 8.86. The lowest BCUT2D eigenvalue weighted by molar-refractivity contribution is -0.141. The van der Waals surface area contributed by atoms with Crippen molar-refractivity contribution in [3.8, 4) is 0 Å². The zero-order valence-electron chi connectivity index (χ0n) is 14.0. The molecule has 1 saturated carbocycles. The van der Waals surface area contributed by atoms with E-state index in [1.807, 2.05) is 0 Å². The van der Waals surface area contributed by atoms with Crippen molar-refractivity contribution in [2.45, 2.75) is 42.2 Å². The van der Waals surface area contributed by atoms with Crippen LogP contribution in [-0.2, 0) is 24.2 Å². The Bertz CT molecular complexity index is 709. The van der Waals surface area contributed by atoms with Crippen molar-refractivity contribution >= 4 is 33.3 Å². The molecule has 2 rings (SSSR count). The van der Waals surface area contributed by atoms with Gasteiger partial charge in [-0.2, -0.15) is 0 Å². The molecule has 8 heteroatoms. The monoisotopic (exact) mass is 387 g/mol. The van der Waals surface area contributed by atoms with Crippen LogP contribution in [0.3, 0.4) is 0 Å². The Morgan fingerprint density at radius 3 is 2.32 bits per heavy atom. The van der Waals surface area contributed by atoms with E-state index in [1.54, 1.807) is 12.1 Å². The maximum absolute atomic E-state index is 12.7. The molecule has 25 heavy (non-hydrogen) atoms. The highest BCUT2D eigenvalue weighted by Crippen LogP contribution is 2.33. The van der Waals surface area contributed by atoms with Crippen molar-refractivity contribution in [2.75, 3.05) is 13.7 Å². The molecule has 0 spiro atoms. The zero-order chi connectivity index (χ0) is 18.4. The van der Waals surface area contributed by atoms with Gasteiger partial charge in [-0.15, -0.1) is 0 Å². The van der Waals surface area contributed by atoms with Gasteiger partial charge in [-0.3, -0.25) is 9.59 Å². The number of sulfone groups is 1. The van der Waals surface area contributed by atoms with E-state index in [0.717, 1.165) is 0 Å². The molecule has 0 bridgehead atoms. The normalized spacial score (nSPS) is 20.7. The molecule has 1 aliphatic carbocycles. The van der Waals surface area contributed by atoms with Gasteiger partial charge in [0.25, 0.3) is 0 Å². The van der Waals surface area contributed by atoms with Crippen LogP contribution >= 0.6 is 11.6 Å². The number of carbonyl (C=O) groups excluding carboxylic acids is 2. The molecule has 1 aromatic carbocycles. The number of esters is 1. The molecule has 0 atom stereocenters. The summed E-state index contributed by atoms with van der Waals surface area (Å²) in [7, 11) is -2.12. The first-order chi connectivity index (χ1) is 11.8. The Balaban J connectivity index is 1.85. The van der Waals surface area contributed by atoms with Crippen molar-refractivity contribution in [2.24, 2.45) is 5.92 Å². The van der Waals surface area contributed by atoms with Crippen LogP contribution in [0.2, 0.25) is 5.02 Å². The Labute approximate surface area is 152 Å². The Kier molecular flexibility index (Phi) is 6.84. The lowest BCUT2D eigenvalue weighted by Crippen LogP contribution is -2.33. The Morgan fingerprint density at radius 1 is 1.16 bits per heavy atom. The molecule has 1 amide bonds. The number of halogens is 1. The van der Waals surface area contributed by atoms with Gasteiger partial charge in [-0.05, 0) is 55.9 Å². The summed E-state index contributed by atoms with van der Waals surface area (Å²) in [5.74, 6) is -0.574. The van der Waals surface area contributed by atoms with E-state index in [4.69, 9.17) is 11.6 Å². The average molecular weight is 388 g/mol. The van der Waals surface area contributed by atoms with Gasteiger partial charge in [0.2, 0.25) is 5.91 Å². The van der Waals surface area contributed by atoms with Gasteiger partial charge in [0, 0.05) is 11.4 Å². The molecule has 0 radical (unpaired) electrons. The molecule has 0 saturated heterocycles. The molecular formula is C17H22ClNO5S. The molecule has 1 fully saturated rings. The van der Waals surface area contributed by atoms with E-state index in [0.29, 0.717) is 37.1 Å². The highest BCUT2D eigenvalue weighted by molar-refractivity contribution is 7.92. The fraction of sp³-hybridized carbons (Fsp3) is 0.529. The Hall–Kier alpha value is -1.60. The molecule has 1 N–H and O–H groups in total. The van der Waals surface area contributed by atoms with E-state index in [2.05, 4.69) is 10.1 Å². The minimum Gasteiger partial charge on any atom is -0.468 e. The molecule has 138 valence electrons. The van der Waals surface area contributed by atoms with Gasteiger partial charge in [-0.25, -0.2) is 8.42 Å². The number of methoxy groups -OCH3 is 1. The first-order valence-electron chi connectivity index (χ1n) is 8.16. The third kappa shape index (κ3) is 5.44. The maximum Gasteiger partial charge on any atom is 0.325 e. The van der Waals surface area contributed by atoms with Crippen LogP contribution in [0.25, 0.3) is 0 Å². The number of ether oxygens (including phenoxy) is 1. The number of carbonyl (C=O) groups is 2. The number of nitrogens with one attached hydrogen (secondary N) is 1. The van der Waals surface area contributed by atoms with Crippen molar-refractivity contribution in [3.05, 3.63) is 29.3 Å². The van der Waals surface area contributed by atoms with Crippen molar-refractivity contribution in [3.63, 3.8) is 0 Å². The predicted molar refractivity (Wildman–Crippen MR) is 94.0 cm³/mol. The minimum absolute atomic E-state index is 0.134. The van der Waals surface area contributed by atoms with Gasteiger partial charge in [0.15, 0.2) is 9.84 Å². The van der Waals surface area contributed by atoms with Crippen molar-refractivity contribution in [1.82, 2.24) is 5.32 Å². The number of hydrogen-bond acceptors (Lipinski definition) is 5. The number of hydrogen-bond donors (Lipinski definition) is 1. The van der Waals surface area contributed by atoms with Crippen LogP contribution < -0.4 is 5.32 Å². The molecule has 1 aliphatic rings. The number of benzene rings is 1. The molecule has 6 nitrogen and oxygen atoms in total. The molecule has 0 heterocycles. The van der Waals surface area contributed by atoms with Gasteiger partial charge < -0.3 is 10.1 Å². The largest absolute Gasteiger partial charge is 0.468 e. The SMILES string of the molecule is COC(=O)CNC(=O)CC1CCC(S(=O)(=O)c2ccc(Cl)cc2)CC1. The lowest BCUT2D eigenvalue weighted by atomic mass is 9.86. The fourth-order valence-corrected chi connectivity index (χ4v) is 4.96. The third-order valence-corrected chi connectivity index (χ3v) is 7.04. The third-order valence-electron chi connectivity index (χ3n) is 4.51. The Morgan fingerprint density at radius 2 is 1.76 bits per heavy atom. The smallest absolute Gasteiger partial charge is 0.325 e. The summed E-state index contributed by atoms with van der Waals surface area (Å²) in [5.41, 5.74) is 0. The molecule has 0 aromatic heterocycles. The summed E-state index contributed by atoms with van der Waals surface area (Å²) in [4.78, 5) is 23.1. The van der Waals surface area contributed by atoms with E-state index in [-0.39, 0.29) is 23.3 Å². The molecule has 1 aromatic rings. The fourth-order valence-electron chi connectivity index (χ4n) is 3.04. The minimum atomic E-state index is -3.38. The van der Waals surface area contributed by atoms with Crippen LogP contribution in [0.15, 0.2) is 29.2 Å². The van der Waals surface area contributed by atoms with Gasteiger partial charge in [0.05, 0.1) is 17.3 Å². The molecule has 0 unspecified atom stereocenters. The summed E-state index contributed by atoms with van der Waals surface area (Å²) in [5, 5.41) is 2.58. The van der Waals surface area contributed by atoms with Gasteiger partial charge >= 0.3 is 5.97 Å². The van der Waals surface area contributed by atoms with Crippen LogP contribution in [0, 0.1) is 5.92 Å². The highest BCUT2D eigenvalue weighted by Gasteiger charge is 2.32. The highest BCUT2D eigenvalue weighted by atomic mass is 35.5. The molecular weight excluding hydrogens is 366 g/mol. The van der Waals surface area contributed by atoms with Crippen LogP contribution in [-0.4, -0.2) is 39.2 Å². The second kappa shape index (κ2) is 8.67. The van der Waals surface area contributed by atoms with E-state index in [9.17, 15) is 18.0 Å². The standard InChI is InChI=1S/C17H22ClNO5S/c1-24-17(21)11-19-16(20)10-12-2-6-14(7-3-12)25(22,23)15-8-4-13(18)5-9-15/h4-5,8-9,12,14H,2-3,6-7,10-11H2,1H3,(H,19,20). The molecule has 0 aliphatic heterocycles. The van der Waals surface area contributed by atoms with Gasteiger partial charge in [0.1, 0.15) is 6.54 Å². The van der Waals surface area contributed by atoms with E-state index < -0.39 is 21.1 Å². The summed E-state index contributed by atoms with van der Waals surface area (Å²) in [6.07, 6.45) is 2.69. The van der Waals surface area contributed by atoms with Crippen LogP contribution in [0.4, 0.5) is 0 Å². The van der Waals surface area contributed by atoms with Crippen molar-refractivity contribution < 1.29 is 22.7 Å². The summed E-state index contributed by atoms with van der Waals surface area (Å²) in [6.45, 7) is -0.143. The number of amides is 1. The van der Waals surface area contributed by atoms with E-state index in [1.165, 1.54) is 19.2 Å². The van der Waals surface area contributed by atoms with E-state index >= 15 is 0 Å². The first kappa shape index (κ1) is 19.7. The topological polar surface area (TPSA) is 89.5 Å². The van der Waals surface area contributed by atoms with Crippen LogP contribution in [0.5, 0.6) is 0 Å². The predicted octanol–water partition coefficient (Wildman–Crippen LogP) is 2.35. The van der Waals surface area contributed by atoms with Crippen molar-refractivity contribution in [1.29, 1.82) is 0 Å².